The number of nitrogens with zero attached hydrogens (tertiary/aromatic N) is 1. The van der Waals surface area contributed by atoms with Crippen LogP contribution in [-0.4, -0.2) is 10.9 Å². The zero-order chi connectivity index (χ0) is 13.1. The van der Waals surface area contributed by atoms with E-state index in [2.05, 4.69) is 26.2 Å². The normalized spacial score (nSPS) is 10.4. The van der Waals surface area contributed by atoms with E-state index in [-0.39, 0.29) is 5.91 Å². The number of halogens is 3. The highest BCUT2D eigenvalue weighted by Crippen LogP contribution is 2.23. The summed E-state index contributed by atoms with van der Waals surface area (Å²) in [6, 6.07) is 5.03. The summed E-state index contributed by atoms with van der Waals surface area (Å²) >= 11 is 16.1. The van der Waals surface area contributed by atoms with Crippen LogP contribution in [0.15, 0.2) is 28.1 Å². The number of amides is 1. The van der Waals surface area contributed by atoms with Crippen LogP contribution in [-0.2, 0) is 5.88 Å². The van der Waals surface area contributed by atoms with Crippen LogP contribution in [0.1, 0.15) is 16.1 Å². The van der Waals surface area contributed by atoms with Crippen molar-refractivity contribution in [2.75, 3.05) is 5.32 Å². The highest BCUT2D eigenvalue weighted by atomic mass is 79.9. The molecule has 1 amide bonds. The Hall–Kier alpha value is -0.620. The summed E-state index contributed by atoms with van der Waals surface area (Å²) < 4.78 is 0.679. The highest BCUT2D eigenvalue weighted by molar-refractivity contribution is 9.10. The predicted octanol–water partition coefficient (Wildman–Crippen LogP) is 4.55. The van der Waals surface area contributed by atoms with Gasteiger partial charge in [0.15, 0.2) is 5.13 Å². The van der Waals surface area contributed by atoms with Gasteiger partial charge < -0.3 is 0 Å². The van der Waals surface area contributed by atoms with Crippen molar-refractivity contribution in [3.05, 3.63) is 44.3 Å². The van der Waals surface area contributed by atoms with Crippen molar-refractivity contribution in [3.8, 4) is 0 Å². The number of rotatable bonds is 3. The first-order chi connectivity index (χ1) is 8.60. The van der Waals surface area contributed by atoms with Crippen molar-refractivity contribution >= 4 is 61.5 Å². The highest BCUT2D eigenvalue weighted by Gasteiger charge is 2.12. The molecule has 18 heavy (non-hydrogen) atoms. The molecule has 1 aromatic heterocycles. The Morgan fingerprint density at radius 1 is 1.50 bits per heavy atom. The number of benzene rings is 1. The molecule has 0 aliphatic carbocycles. The van der Waals surface area contributed by atoms with Crippen LogP contribution in [0.25, 0.3) is 0 Å². The zero-order valence-corrected chi connectivity index (χ0v) is 12.8. The van der Waals surface area contributed by atoms with E-state index in [0.717, 1.165) is 5.69 Å². The lowest BCUT2D eigenvalue weighted by atomic mass is 10.2. The molecule has 0 aliphatic heterocycles. The number of hydrogen-bond acceptors (Lipinski definition) is 3. The molecule has 1 heterocycles. The molecule has 0 radical (unpaired) electrons. The van der Waals surface area contributed by atoms with Gasteiger partial charge in [0.1, 0.15) is 0 Å². The first-order valence-electron chi connectivity index (χ1n) is 4.87. The van der Waals surface area contributed by atoms with E-state index in [1.54, 1.807) is 23.6 Å². The quantitative estimate of drug-likeness (QED) is 0.810. The molecule has 2 rings (SSSR count). The third-order valence-electron chi connectivity index (χ3n) is 2.08. The Morgan fingerprint density at radius 2 is 2.28 bits per heavy atom. The van der Waals surface area contributed by atoms with Crippen LogP contribution >= 0.6 is 50.5 Å². The summed E-state index contributed by atoms with van der Waals surface area (Å²) in [7, 11) is 0. The second-order valence-electron chi connectivity index (χ2n) is 3.36. The summed E-state index contributed by atoms with van der Waals surface area (Å²) in [4.78, 5) is 16.2. The fourth-order valence-corrected chi connectivity index (χ4v) is 2.79. The van der Waals surface area contributed by atoms with Gasteiger partial charge in [-0.2, -0.15) is 0 Å². The lowest BCUT2D eigenvalue weighted by Crippen LogP contribution is -2.12. The van der Waals surface area contributed by atoms with Crippen molar-refractivity contribution in [2.24, 2.45) is 0 Å². The topological polar surface area (TPSA) is 42.0 Å². The average molecular weight is 366 g/mol. The number of anilines is 1. The summed E-state index contributed by atoms with van der Waals surface area (Å²) in [5.41, 5.74) is 1.20. The number of carbonyl (C=O) groups is 1. The minimum Gasteiger partial charge on any atom is -0.298 e. The number of alkyl halides is 1. The van der Waals surface area contributed by atoms with Gasteiger partial charge in [0, 0.05) is 14.9 Å². The summed E-state index contributed by atoms with van der Waals surface area (Å²) in [6.07, 6.45) is 0. The molecule has 0 saturated carbocycles. The van der Waals surface area contributed by atoms with E-state index in [9.17, 15) is 4.79 Å². The van der Waals surface area contributed by atoms with Crippen molar-refractivity contribution in [1.29, 1.82) is 0 Å². The Morgan fingerprint density at radius 3 is 2.94 bits per heavy atom. The number of carbonyl (C=O) groups excluding carboxylic acids is 1. The predicted molar refractivity (Wildman–Crippen MR) is 78.8 cm³/mol. The SMILES string of the molecule is O=C(Nc1nc(CCl)cs1)c1cc(Cl)ccc1Br. The third-order valence-corrected chi connectivity index (χ3v) is 4.09. The molecule has 2 aromatic rings. The molecular weight excluding hydrogens is 359 g/mol. The van der Waals surface area contributed by atoms with Gasteiger partial charge in [0.25, 0.3) is 5.91 Å². The van der Waals surface area contributed by atoms with Crippen molar-refractivity contribution in [2.45, 2.75) is 5.88 Å². The Bertz CT molecular complexity index is 588. The summed E-state index contributed by atoms with van der Waals surface area (Å²) in [5.74, 6) is 0.0626. The summed E-state index contributed by atoms with van der Waals surface area (Å²) in [6.45, 7) is 0. The van der Waals surface area contributed by atoms with Gasteiger partial charge in [-0.25, -0.2) is 4.98 Å². The van der Waals surface area contributed by atoms with Gasteiger partial charge in [-0.3, -0.25) is 10.1 Å². The first-order valence-corrected chi connectivity index (χ1v) is 7.45. The van der Waals surface area contributed by atoms with E-state index >= 15 is 0 Å². The molecule has 0 bridgehead atoms. The molecule has 7 heteroatoms. The minimum absolute atomic E-state index is 0.264. The van der Waals surface area contributed by atoms with Crippen LogP contribution in [0.2, 0.25) is 5.02 Å². The lowest BCUT2D eigenvalue weighted by Gasteiger charge is -2.04. The van der Waals surface area contributed by atoms with Crippen LogP contribution in [0.3, 0.4) is 0 Å². The minimum atomic E-state index is -0.264. The van der Waals surface area contributed by atoms with Crippen LogP contribution in [0.5, 0.6) is 0 Å². The molecular formula is C11H7BrCl2N2OS. The van der Waals surface area contributed by atoms with Crippen molar-refractivity contribution < 1.29 is 4.79 Å². The average Bonchev–Trinajstić information content (AvgIpc) is 2.80. The smallest absolute Gasteiger partial charge is 0.258 e. The molecule has 0 spiro atoms. The maximum atomic E-state index is 12.0. The van der Waals surface area contributed by atoms with E-state index in [0.29, 0.717) is 26.1 Å². The van der Waals surface area contributed by atoms with Gasteiger partial charge in [0.2, 0.25) is 0 Å². The van der Waals surface area contributed by atoms with Gasteiger partial charge in [-0.05, 0) is 34.1 Å². The second-order valence-corrected chi connectivity index (χ2v) is 5.77. The van der Waals surface area contributed by atoms with Gasteiger partial charge in [-0.1, -0.05) is 11.6 Å². The van der Waals surface area contributed by atoms with E-state index in [1.807, 2.05) is 0 Å². The fraction of sp³-hybridized carbons (Fsp3) is 0.0909. The van der Waals surface area contributed by atoms with Gasteiger partial charge in [0.05, 0.1) is 17.1 Å². The number of thiazole rings is 1. The Balaban J connectivity index is 2.19. The number of aromatic nitrogens is 1. The van der Waals surface area contributed by atoms with Crippen LogP contribution in [0.4, 0.5) is 5.13 Å². The van der Waals surface area contributed by atoms with Gasteiger partial charge in [-0.15, -0.1) is 22.9 Å². The van der Waals surface area contributed by atoms with Crippen molar-refractivity contribution in [3.63, 3.8) is 0 Å². The Kier molecular flexibility index (Phi) is 4.61. The summed E-state index contributed by atoms with van der Waals surface area (Å²) in [5, 5.41) is 5.52. The lowest BCUT2D eigenvalue weighted by molar-refractivity contribution is 0.102. The molecule has 0 atom stereocenters. The van der Waals surface area contributed by atoms with E-state index in [4.69, 9.17) is 23.2 Å². The Labute approximate surface area is 126 Å². The molecule has 3 nitrogen and oxygen atoms in total. The van der Waals surface area contributed by atoms with Crippen LogP contribution < -0.4 is 5.32 Å². The maximum Gasteiger partial charge on any atom is 0.258 e. The second kappa shape index (κ2) is 6.02. The molecule has 94 valence electrons. The van der Waals surface area contributed by atoms with Crippen molar-refractivity contribution in [1.82, 2.24) is 4.98 Å². The standard InChI is InChI=1S/C11H7BrCl2N2OS/c12-9-2-1-6(14)3-8(9)10(17)16-11-15-7(4-13)5-18-11/h1-3,5H,4H2,(H,15,16,17). The maximum absolute atomic E-state index is 12.0. The molecule has 0 saturated heterocycles. The van der Waals surface area contributed by atoms with Gasteiger partial charge >= 0.3 is 0 Å². The molecule has 0 fully saturated rings. The number of hydrogen-bond donors (Lipinski definition) is 1. The van der Waals surface area contributed by atoms with Crippen LogP contribution in [0, 0.1) is 0 Å². The largest absolute Gasteiger partial charge is 0.298 e. The molecule has 0 aliphatic rings. The molecule has 0 unspecified atom stereocenters. The van der Waals surface area contributed by atoms with E-state index in [1.165, 1.54) is 11.3 Å². The zero-order valence-electron chi connectivity index (χ0n) is 8.91. The molecule has 1 aromatic carbocycles. The monoisotopic (exact) mass is 364 g/mol. The van der Waals surface area contributed by atoms with E-state index < -0.39 is 0 Å². The fourth-order valence-electron chi connectivity index (χ4n) is 1.26. The third kappa shape index (κ3) is 3.23. The first kappa shape index (κ1) is 13.8. The number of nitrogens with one attached hydrogen (secondary N) is 1. The molecule has 1 N–H and O–H groups in total.